The highest BCUT2D eigenvalue weighted by Crippen LogP contribution is 2.39. The fraction of sp³-hybridized carbons (Fsp3) is 0.439. The van der Waals surface area contributed by atoms with E-state index in [1.54, 1.807) is 22.4 Å². The molecule has 2 fully saturated rings. The minimum absolute atomic E-state index is 0.113. The summed E-state index contributed by atoms with van der Waals surface area (Å²) in [5, 5.41) is 5.40. The SMILES string of the molecule is COC(=O)NC(C(=O)N1CCCC1c1ncc(-c2ccc(-c3ccc(-c4cnc(C5CCCN5C(=O)C(NC(=O)OC)C(C)C)[nH]4)c4scnc34)cc2)[nH]1)C(C)C. The molecular weight excluding hydrogens is 747 g/mol. The molecule has 7 rings (SSSR count). The molecule has 5 aromatic rings. The quantitative estimate of drug-likeness (QED) is 0.111. The van der Waals surface area contributed by atoms with Crippen molar-refractivity contribution in [2.75, 3.05) is 27.3 Å². The van der Waals surface area contributed by atoms with Crippen molar-refractivity contribution in [3.63, 3.8) is 0 Å². The number of nitrogens with zero attached hydrogens (tertiary/aromatic N) is 5. The largest absolute Gasteiger partial charge is 0.453 e. The molecule has 0 radical (unpaired) electrons. The number of rotatable bonds is 11. The Hall–Kier alpha value is -5.77. The number of hydrogen-bond acceptors (Lipinski definition) is 10. The van der Waals surface area contributed by atoms with Crippen molar-refractivity contribution in [1.29, 1.82) is 0 Å². The average Bonchev–Trinajstić information content (AvgIpc) is 4.07. The average molecular weight is 796 g/mol. The Morgan fingerprint density at radius 2 is 1.19 bits per heavy atom. The van der Waals surface area contributed by atoms with Crippen LogP contribution >= 0.6 is 11.3 Å². The first-order chi connectivity index (χ1) is 27.5. The molecule has 4 unspecified atom stereocenters. The van der Waals surface area contributed by atoms with Crippen molar-refractivity contribution in [3.8, 4) is 33.6 Å². The Morgan fingerprint density at radius 1 is 0.702 bits per heavy atom. The van der Waals surface area contributed by atoms with E-state index in [-0.39, 0.29) is 35.7 Å². The lowest BCUT2D eigenvalue weighted by Gasteiger charge is -2.30. The molecule has 3 aromatic heterocycles. The number of benzene rings is 2. The summed E-state index contributed by atoms with van der Waals surface area (Å²) in [4.78, 5) is 76.0. The van der Waals surface area contributed by atoms with Crippen molar-refractivity contribution in [1.82, 2.24) is 45.4 Å². The van der Waals surface area contributed by atoms with Gasteiger partial charge in [0.05, 0.1) is 65.8 Å². The van der Waals surface area contributed by atoms with Crippen molar-refractivity contribution in [2.24, 2.45) is 11.8 Å². The lowest BCUT2D eigenvalue weighted by molar-refractivity contribution is -0.136. The standard InChI is InChI=1S/C41H49N9O6S/c1-22(2)32(47-40(53)55-5)38(51)49-17-7-9-30(49)36-42-19-28(45-36)25-13-11-24(12-14-25)26-15-16-27(35-34(26)44-21-57-35)29-20-43-37(46-29)31-10-8-18-50(31)39(52)33(23(3)4)48-41(54)56-6/h11-16,19-23,30-33H,7-10,17-18H2,1-6H3,(H,42,45)(H,43,46)(H,47,53)(H,48,54). The number of H-pyrrole nitrogens is 2. The van der Waals surface area contributed by atoms with Crippen LogP contribution in [-0.4, -0.2) is 98.1 Å². The molecule has 0 saturated carbocycles. The molecule has 2 aliphatic heterocycles. The smallest absolute Gasteiger partial charge is 0.407 e. The molecule has 4 amide bonds. The maximum Gasteiger partial charge on any atom is 0.407 e. The number of methoxy groups -OCH3 is 2. The number of imidazole rings is 2. The van der Waals surface area contributed by atoms with Gasteiger partial charge in [-0.25, -0.2) is 24.5 Å². The van der Waals surface area contributed by atoms with E-state index < -0.39 is 24.3 Å². The zero-order valence-corrected chi connectivity index (χ0v) is 33.8. The van der Waals surface area contributed by atoms with Crippen LogP contribution in [0.1, 0.15) is 77.1 Å². The number of amides is 4. The summed E-state index contributed by atoms with van der Waals surface area (Å²) in [6.07, 6.45) is 5.56. The van der Waals surface area contributed by atoms with Gasteiger partial charge in [0.1, 0.15) is 23.7 Å². The van der Waals surface area contributed by atoms with Crippen molar-refractivity contribution >= 4 is 45.6 Å². The lowest BCUT2D eigenvalue weighted by atomic mass is 9.99. The Bertz CT molecular complexity index is 2250. The second-order valence-corrected chi connectivity index (χ2v) is 16.1. The minimum atomic E-state index is -0.704. The van der Waals surface area contributed by atoms with Crippen molar-refractivity contribution in [3.05, 3.63) is 66.0 Å². The number of likely N-dealkylation sites (tertiary alicyclic amines) is 2. The van der Waals surface area contributed by atoms with Gasteiger partial charge in [0.2, 0.25) is 11.8 Å². The number of ether oxygens (including phenoxy) is 2. The Kier molecular flexibility index (Phi) is 11.6. The highest BCUT2D eigenvalue weighted by Gasteiger charge is 2.39. The van der Waals surface area contributed by atoms with Gasteiger partial charge in [-0.2, -0.15) is 0 Å². The molecule has 5 heterocycles. The van der Waals surface area contributed by atoms with Gasteiger partial charge < -0.3 is 39.9 Å². The monoisotopic (exact) mass is 795 g/mol. The minimum Gasteiger partial charge on any atom is -0.453 e. The fourth-order valence-corrected chi connectivity index (χ4v) is 8.75. The zero-order valence-electron chi connectivity index (χ0n) is 33.0. The molecule has 2 aliphatic rings. The van der Waals surface area contributed by atoms with E-state index in [0.29, 0.717) is 24.7 Å². The van der Waals surface area contributed by atoms with Crippen LogP contribution in [0.4, 0.5) is 9.59 Å². The molecular formula is C41H49N9O6S. The summed E-state index contributed by atoms with van der Waals surface area (Å²) in [6, 6.07) is 10.5. The van der Waals surface area contributed by atoms with E-state index >= 15 is 0 Å². The van der Waals surface area contributed by atoms with Gasteiger partial charge in [-0.1, -0.05) is 64.1 Å². The predicted molar refractivity (Wildman–Crippen MR) is 216 cm³/mol. The molecule has 0 aliphatic carbocycles. The number of aromatic nitrogens is 5. The summed E-state index contributed by atoms with van der Waals surface area (Å²) < 4.78 is 10.6. The molecule has 4 N–H and O–H groups in total. The van der Waals surface area contributed by atoms with Crippen LogP contribution in [0.5, 0.6) is 0 Å². The van der Waals surface area contributed by atoms with Gasteiger partial charge in [0.15, 0.2) is 0 Å². The summed E-state index contributed by atoms with van der Waals surface area (Å²) in [6.45, 7) is 8.76. The van der Waals surface area contributed by atoms with Crippen LogP contribution in [0.3, 0.4) is 0 Å². The second-order valence-electron chi connectivity index (χ2n) is 15.2. The zero-order chi connectivity index (χ0) is 40.4. The van der Waals surface area contributed by atoms with E-state index in [0.717, 1.165) is 69.5 Å². The van der Waals surface area contributed by atoms with E-state index in [9.17, 15) is 19.2 Å². The molecule has 15 nitrogen and oxygen atoms in total. The highest BCUT2D eigenvalue weighted by atomic mass is 32.1. The molecule has 0 bridgehead atoms. The van der Waals surface area contributed by atoms with Crippen molar-refractivity contribution in [2.45, 2.75) is 77.5 Å². The number of nitrogens with one attached hydrogen (secondary N) is 4. The van der Waals surface area contributed by atoms with Crippen LogP contribution in [0.2, 0.25) is 0 Å². The summed E-state index contributed by atoms with van der Waals surface area (Å²) in [5.74, 6) is 0.891. The maximum absolute atomic E-state index is 13.7. The fourth-order valence-electron chi connectivity index (χ4n) is 7.91. The molecule has 2 aromatic carbocycles. The van der Waals surface area contributed by atoms with Crippen LogP contribution in [0, 0.1) is 11.8 Å². The van der Waals surface area contributed by atoms with Gasteiger partial charge in [-0.3, -0.25) is 9.59 Å². The van der Waals surface area contributed by atoms with Gasteiger partial charge in [0.25, 0.3) is 0 Å². The second kappa shape index (κ2) is 16.8. The number of thiazole rings is 1. The van der Waals surface area contributed by atoms with Crippen LogP contribution < -0.4 is 10.6 Å². The molecule has 0 spiro atoms. The van der Waals surface area contributed by atoms with Gasteiger partial charge in [-0.05, 0) is 48.6 Å². The maximum atomic E-state index is 13.7. The number of aromatic amines is 2. The molecule has 16 heteroatoms. The van der Waals surface area contributed by atoms with Crippen LogP contribution in [0.15, 0.2) is 54.3 Å². The Labute approximate surface area is 335 Å². The first-order valence-electron chi connectivity index (χ1n) is 19.4. The first kappa shape index (κ1) is 39.5. The number of alkyl carbamates (subject to hydrolysis) is 2. The number of fused-ring (bicyclic) bond motifs is 1. The third-order valence-corrected chi connectivity index (χ3v) is 11.8. The Balaban J connectivity index is 1.07. The van der Waals surface area contributed by atoms with E-state index in [2.05, 4.69) is 44.9 Å². The predicted octanol–water partition coefficient (Wildman–Crippen LogP) is 6.83. The van der Waals surface area contributed by atoms with Crippen LogP contribution in [0.25, 0.3) is 43.9 Å². The molecule has 57 heavy (non-hydrogen) atoms. The molecule has 4 atom stereocenters. The number of carbonyl (C=O) groups is 4. The van der Waals surface area contributed by atoms with Gasteiger partial charge in [-0.15, -0.1) is 11.3 Å². The van der Waals surface area contributed by atoms with Gasteiger partial charge >= 0.3 is 12.2 Å². The summed E-state index contributed by atoms with van der Waals surface area (Å²) in [7, 11) is 2.58. The van der Waals surface area contributed by atoms with E-state index in [4.69, 9.17) is 24.4 Å². The number of hydrogen-bond donors (Lipinski definition) is 4. The molecule has 2 saturated heterocycles. The lowest BCUT2D eigenvalue weighted by Crippen LogP contribution is -2.51. The third kappa shape index (κ3) is 7.95. The summed E-state index contributed by atoms with van der Waals surface area (Å²) in [5.41, 5.74) is 8.34. The number of carbonyl (C=O) groups excluding carboxylic acids is 4. The highest BCUT2D eigenvalue weighted by molar-refractivity contribution is 7.17. The summed E-state index contributed by atoms with van der Waals surface area (Å²) >= 11 is 1.56. The third-order valence-electron chi connectivity index (χ3n) is 11.0. The molecule has 300 valence electrons. The van der Waals surface area contributed by atoms with Crippen molar-refractivity contribution < 1.29 is 28.7 Å². The Morgan fingerprint density at radius 3 is 1.72 bits per heavy atom. The van der Waals surface area contributed by atoms with Gasteiger partial charge in [0, 0.05) is 24.2 Å². The first-order valence-corrected chi connectivity index (χ1v) is 20.2. The van der Waals surface area contributed by atoms with E-state index in [1.165, 1.54) is 14.2 Å². The van der Waals surface area contributed by atoms with E-state index in [1.807, 2.05) is 56.4 Å². The normalized spacial score (nSPS) is 18.0. The van der Waals surface area contributed by atoms with Crippen LogP contribution in [-0.2, 0) is 19.1 Å². The topological polar surface area (TPSA) is 188 Å².